The maximum Gasteiger partial charge on any atom is 0.325 e. The topological polar surface area (TPSA) is 139 Å². The van der Waals surface area contributed by atoms with Crippen LogP contribution in [0, 0.1) is 0 Å². The average Bonchev–Trinajstić information content (AvgIpc) is 3.16. The largest absolute Gasteiger partial charge is 0.503 e. The Morgan fingerprint density at radius 3 is 2.79 bits per heavy atom. The number of thiazole rings is 1. The number of carbonyl (C=O) groups excluding carboxylic acids is 2. The summed E-state index contributed by atoms with van der Waals surface area (Å²) in [5.74, 6) is -0.594. The van der Waals surface area contributed by atoms with Crippen LogP contribution >= 0.6 is 11.3 Å². The molecule has 2 aromatic heterocycles. The van der Waals surface area contributed by atoms with Gasteiger partial charge in [-0.1, -0.05) is 23.5 Å². The summed E-state index contributed by atoms with van der Waals surface area (Å²) in [5, 5.41) is 18.4. The van der Waals surface area contributed by atoms with E-state index in [1.54, 1.807) is 30.5 Å². The Bertz CT molecular complexity index is 1250. The fourth-order valence-corrected chi connectivity index (χ4v) is 4.51. The number of H-pyrrole nitrogens is 1. The Morgan fingerprint density at radius 2 is 2.03 bits per heavy atom. The molecular formula is C22H24N6O4S. The van der Waals surface area contributed by atoms with Gasteiger partial charge in [0.25, 0.3) is 11.5 Å². The number of aromatic nitrogens is 2. The van der Waals surface area contributed by atoms with Crippen LogP contribution in [0.5, 0.6) is 5.75 Å². The van der Waals surface area contributed by atoms with E-state index in [4.69, 9.17) is 0 Å². The van der Waals surface area contributed by atoms with Gasteiger partial charge in [-0.15, -0.1) is 0 Å². The average molecular weight is 469 g/mol. The number of rotatable bonds is 5. The summed E-state index contributed by atoms with van der Waals surface area (Å²) >= 11 is 1.36. The van der Waals surface area contributed by atoms with Gasteiger partial charge in [0.2, 0.25) is 0 Å². The van der Waals surface area contributed by atoms with Gasteiger partial charge in [-0.05, 0) is 26.0 Å². The predicted molar refractivity (Wildman–Crippen MR) is 127 cm³/mol. The summed E-state index contributed by atoms with van der Waals surface area (Å²) in [5.41, 5.74) is 1.85. The summed E-state index contributed by atoms with van der Waals surface area (Å²) < 4.78 is 0. The molecule has 0 spiro atoms. The van der Waals surface area contributed by atoms with Crippen molar-refractivity contribution in [1.82, 2.24) is 15.3 Å². The molecular weight excluding hydrogens is 444 g/mol. The summed E-state index contributed by atoms with van der Waals surface area (Å²) in [6.45, 7) is 4.93. The van der Waals surface area contributed by atoms with E-state index in [-0.39, 0.29) is 17.7 Å². The highest BCUT2D eigenvalue weighted by Gasteiger charge is 2.23. The number of amides is 3. The first kappa shape index (κ1) is 22.3. The molecule has 172 valence electrons. The Labute approximate surface area is 193 Å². The Hall–Kier alpha value is -3.86. The van der Waals surface area contributed by atoms with Crippen molar-refractivity contribution in [3.8, 4) is 5.75 Å². The molecule has 0 radical (unpaired) electrons. The second kappa shape index (κ2) is 9.33. The molecule has 0 bridgehead atoms. The normalized spacial score (nSPS) is 12.9. The van der Waals surface area contributed by atoms with Crippen LogP contribution in [0.15, 0.2) is 41.3 Å². The zero-order valence-corrected chi connectivity index (χ0v) is 19.0. The number of carbonyl (C=O) groups is 2. The van der Waals surface area contributed by atoms with Gasteiger partial charge < -0.3 is 25.6 Å². The summed E-state index contributed by atoms with van der Waals surface area (Å²) in [4.78, 5) is 46.4. The zero-order chi connectivity index (χ0) is 23.5. The lowest BCUT2D eigenvalue weighted by Crippen LogP contribution is -2.31. The van der Waals surface area contributed by atoms with Crippen molar-refractivity contribution < 1.29 is 14.7 Å². The van der Waals surface area contributed by atoms with Gasteiger partial charge in [-0.3, -0.25) is 14.9 Å². The van der Waals surface area contributed by atoms with Crippen LogP contribution in [0.1, 0.15) is 34.8 Å². The van der Waals surface area contributed by atoms with Crippen LogP contribution in [0.4, 0.5) is 21.3 Å². The number of aromatic amines is 1. The van der Waals surface area contributed by atoms with E-state index in [9.17, 15) is 19.5 Å². The fourth-order valence-electron chi connectivity index (χ4n) is 3.49. The molecule has 0 fully saturated rings. The van der Waals surface area contributed by atoms with E-state index in [0.29, 0.717) is 41.6 Å². The van der Waals surface area contributed by atoms with E-state index >= 15 is 0 Å². The predicted octanol–water partition coefficient (Wildman–Crippen LogP) is 2.88. The Morgan fingerprint density at radius 1 is 1.24 bits per heavy atom. The maximum atomic E-state index is 12.6. The van der Waals surface area contributed by atoms with Crippen LogP contribution in [-0.2, 0) is 13.0 Å². The Balaban J connectivity index is 1.43. The van der Waals surface area contributed by atoms with Gasteiger partial charge in [0.15, 0.2) is 10.9 Å². The van der Waals surface area contributed by atoms with Gasteiger partial charge >= 0.3 is 6.03 Å². The molecule has 3 heterocycles. The van der Waals surface area contributed by atoms with Gasteiger partial charge in [0.05, 0.1) is 29.2 Å². The van der Waals surface area contributed by atoms with Crippen molar-refractivity contribution in [3.63, 3.8) is 0 Å². The number of para-hydroxylation sites is 1. The van der Waals surface area contributed by atoms with E-state index < -0.39 is 11.6 Å². The Kier molecular flexibility index (Phi) is 6.31. The lowest BCUT2D eigenvalue weighted by atomic mass is 10.1. The van der Waals surface area contributed by atoms with Crippen molar-refractivity contribution >= 4 is 39.8 Å². The van der Waals surface area contributed by atoms with Crippen LogP contribution in [-0.4, -0.2) is 39.6 Å². The first-order chi connectivity index (χ1) is 15.8. The molecule has 11 heteroatoms. The molecule has 4 rings (SSSR count). The number of urea groups is 1. The summed E-state index contributed by atoms with van der Waals surface area (Å²) in [6.07, 6.45) is 2.22. The molecule has 0 unspecified atom stereocenters. The molecule has 0 saturated carbocycles. The number of pyridine rings is 1. The second-order valence-electron chi connectivity index (χ2n) is 7.89. The molecule has 0 saturated heterocycles. The van der Waals surface area contributed by atoms with E-state index in [2.05, 4.69) is 25.9 Å². The van der Waals surface area contributed by atoms with E-state index in [1.807, 2.05) is 18.7 Å². The molecule has 1 aliphatic heterocycles. The summed E-state index contributed by atoms with van der Waals surface area (Å²) in [7, 11) is 0. The molecule has 0 aliphatic carbocycles. The van der Waals surface area contributed by atoms with Crippen molar-refractivity contribution in [2.24, 2.45) is 0 Å². The van der Waals surface area contributed by atoms with Gasteiger partial charge in [-0.2, -0.15) is 0 Å². The fraction of sp³-hybridized carbons (Fsp3) is 0.273. The highest BCUT2D eigenvalue weighted by atomic mass is 32.1. The molecule has 5 N–H and O–H groups in total. The van der Waals surface area contributed by atoms with Crippen molar-refractivity contribution in [1.29, 1.82) is 0 Å². The zero-order valence-electron chi connectivity index (χ0n) is 18.1. The molecule has 1 aliphatic rings. The van der Waals surface area contributed by atoms with Crippen LogP contribution in [0.2, 0.25) is 0 Å². The minimum Gasteiger partial charge on any atom is -0.503 e. The third-order valence-electron chi connectivity index (χ3n) is 5.02. The van der Waals surface area contributed by atoms with Crippen molar-refractivity contribution in [2.45, 2.75) is 32.9 Å². The van der Waals surface area contributed by atoms with E-state index in [0.717, 1.165) is 10.6 Å². The SMILES string of the molecule is CC(C)NC(=O)c1ccccc1NC(=O)Nc1nc2c(s1)CN(c1c[nH]c(=O)c(O)c1)CC2. The summed E-state index contributed by atoms with van der Waals surface area (Å²) in [6, 6.07) is 7.71. The minimum atomic E-state index is -0.532. The number of benzene rings is 1. The van der Waals surface area contributed by atoms with Crippen molar-refractivity contribution in [2.75, 3.05) is 22.1 Å². The lowest BCUT2D eigenvalue weighted by molar-refractivity contribution is 0.0944. The number of hydrogen-bond donors (Lipinski definition) is 5. The number of nitrogens with one attached hydrogen (secondary N) is 4. The van der Waals surface area contributed by atoms with Crippen LogP contribution < -0.4 is 26.4 Å². The van der Waals surface area contributed by atoms with Crippen LogP contribution in [0.3, 0.4) is 0 Å². The third-order valence-corrected chi connectivity index (χ3v) is 6.02. The second-order valence-corrected chi connectivity index (χ2v) is 8.97. The maximum absolute atomic E-state index is 12.6. The number of nitrogens with zero attached hydrogens (tertiary/aromatic N) is 2. The van der Waals surface area contributed by atoms with Crippen molar-refractivity contribution in [3.05, 3.63) is 63.0 Å². The lowest BCUT2D eigenvalue weighted by Gasteiger charge is -2.27. The third kappa shape index (κ3) is 5.14. The molecule has 3 aromatic rings. The molecule has 0 atom stereocenters. The smallest absolute Gasteiger partial charge is 0.325 e. The molecule has 33 heavy (non-hydrogen) atoms. The number of aromatic hydroxyl groups is 1. The van der Waals surface area contributed by atoms with Crippen LogP contribution in [0.25, 0.3) is 0 Å². The molecule has 3 amide bonds. The highest BCUT2D eigenvalue weighted by Crippen LogP contribution is 2.31. The molecule has 1 aromatic carbocycles. The number of hydrogen-bond acceptors (Lipinski definition) is 7. The van der Waals surface area contributed by atoms with E-state index in [1.165, 1.54) is 17.4 Å². The molecule has 10 nitrogen and oxygen atoms in total. The number of fused-ring (bicyclic) bond motifs is 1. The number of anilines is 3. The van der Waals surface area contributed by atoms with Gasteiger partial charge in [-0.25, -0.2) is 9.78 Å². The minimum absolute atomic E-state index is 0.0271. The van der Waals surface area contributed by atoms with Gasteiger partial charge in [0, 0.05) is 36.1 Å². The first-order valence-corrected chi connectivity index (χ1v) is 11.2. The quantitative estimate of drug-likeness (QED) is 0.390. The standard InChI is InChI=1S/C22H24N6O4S/c1-12(2)24-19(30)14-5-3-4-6-15(14)25-21(32)27-22-26-16-7-8-28(11-18(16)33-22)13-9-17(29)20(31)23-10-13/h3-6,9-10,12,29H,7-8,11H2,1-2H3,(H,23,31)(H,24,30)(H2,25,26,27,32). The monoisotopic (exact) mass is 468 g/mol. The van der Waals surface area contributed by atoms with Gasteiger partial charge in [0.1, 0.15) is 0 Å². The first-order valence-electron chi connectivity index (χ1n) is 10.4. The highest BCUT2D eigenvalue weighted by molar-refractivity contribution is 7.15.